The predicted molar refractivity (Wildman–Crippen MR) is 274 cm³/mol. The Morgan fingerprint density at radius 1 is 0.266 bits per heavy atom. The number of thiophene rings is 1. The second kappa shape index (κ2) is 12.6. The molecule has 1 aromatic heterocycles. The van der Waals surface area contributed by atoms with Crippen molar-refractivity contribution in [1.29, 1.82) is 0 Å². The van der Waals surface area contributed by atoms with Crippen LogP contribution in [0.5, 0.6) is 0 Å². The molecule has 2 aliphatic rings. The molecule has 0 unspecified atom stereocenters. The summed E-state index contributed by atoms with van der Waals surface area (Å²) in [5.74, 6) is 0. The zero-order chi connectivity index (χ0) is 41.7. The van der Waals surface area contributed by atoms with Gasteiger partial charge in [-0.05, 0) is 145 Å². The van der Waals surface area contributed by atoms with E-state index < -0.39 is 5.41 Å². The molecular formula is C63H36S. The molecule has 15 rings (SSSR count). The molecule has 1 spiro atoms. The first-order valence-electron chi connectivity index (χ1n) is 22.3. The Morgan fingerprint density at radius 3 is 1.38 bits per heavy atom. The van der Waals surface area contributed by atoms with Crippen molar-refractivity contribution in [2.75, 3.05) is 0 Å². The van der Waals surface area contributed by atoms with Gasteiger partial charge in [-0.25, -0.2) is 0 Å². The maximum absolute atomic E-state index is 2.48. The molecule has 294 valence electrons. The summed E-state index contributed by atoms with van der Waals surface area (Å²) in [5, 5.41) is 15.6. The lowest BCUT2D eigenvalue weighted by Crippen LogP contribution is -2.26. The lowest BCUT2D eigenvalue weighted by Gasteiger charge is -2.32. The van der Waals surface area contributed by atoms with Crippen LogP contribution >= 0.6 is 11.3 Å². The normalized spacial score (nSPS) is 13.4. The van der Waals surface area contributed by atoms with Crippen LogP contribution in [0, 0.1) is 0 Å². The maximum Gasteiger partial charge on any atom is 0.0737 e. The van der Waals surface area contributed by atoms with Crippen molar-refractivity contribution in [2.24, 2.45) is 0 Å². The van der Waals surface area contributed by atoms with E-state index in [4.69, 9.17) is 0 Å². The number of hydrogen-bond donors (Lipinski definition) is 0. The number of rotatable bonds is 2. The van der Waals surface area contributed by atoms with Gasteiger partial charge in [0.05, 0.1) is 5.41 Å². The van der Waals surface area contributed by atoms with E-state index in [2.05, 4.69) is 218 Å². The standard InChI is InChI=1S/C63H36S/c1-3-20-46-41(15-1)42-16-2-8-25-51(42)62-60(46)52-33-29-37-35-38(30-32-40(37)61(52)63(62)54-26-12-9-17-43(54)44-18-10-13-27-55(44)63)58-47-21-4-6-23-49(47)59(50-24-7-5-22-48(50)58)39-31-34-57-53(36-39)45-19-11-14-28-56(45)64-57/h1-36H. The fraction of sp³-hybridized carbons (Fsp3) is 0.0159. The van der Waals surface area contributed by atoms with E-state index in [0.29, 0.717) is 0 Å². The summed E-state index contributed by atoms with van der Waals surface area (Å²) in [6.07, 6.45) is 0. The lowest BCUT2D eigenvalue weighted by atomic mass is 9.68. The maximum atomic E-state index is 2.48. The quantitative estimate of drug-likeness (QED) is 0.120. The van der Waals surface area contributed by atoms with Gasteiger partial charge in [-0.15, -0.1) is 11.3 Å². The van der Waals surface area contributed by atoms with E-state index in [-0.39, 0.29) is 0 Å². The molecule has 0 atom stereocenters. The van der Waals surface area contributed by atoms with Crippen molar-refractivity contribution in [3.05, 3.63) is 241 Å². The summed E-state index contributed by atoms with van der Waals surface area (Å²) < 4.78 is 2.66. The zero-order valence-electron chi connectivity index (χ0n) is 34.7. The molecule has 0 nitrogen and oxygen atoms in total. The van der Waals surface area contributed by atoms with Crippen LogP contribution in [-0.4, -0.2) is 0 Å². The van der Waals surface area contributed by atoms with Gasteiger partial charge in [-0.3, -0.25) is 0 Å². The van der Waals surface area contributed by atoms with Crippen LogP contribution in [0.25, 0.3) is 119 Å². The van der Waals surface area contributed by atoms with Crippen molar-refractivity contribution in [2.45, 2.75) is 5.41 Å². The van der Waals surface area contributed by atoms with Crippen molar-refractivity contribution in [3.63, 3.8) is 0 Å². The Labute approximate surface area is 373 Å². The molecule has 0 radical (unpaired) electrons. The molecule has 13 aromatic rings. The highest BCUT2D eigenvalue weighted by atomic mass is 32.1. The number of hydrogen-bond acceptors (Lipinski definition) is 1. The smallest absolute Gasteiger partial charge is 0.0737 e. The Kier molecular flexibility index (Phi) is 6.85. The van der Waals surface area contributed by atoms with Crippen LogP contribution in [-0.2, 0) is 5.41 Å². The van der Waals surface area contributed by atoms with Gasteiger partial charge in [-0.2, -0.15) is 0 Å². The molecule has 2 aliphatic carbocycles. The molecule has 12 aromatic carbocycles. The van der Waals surface area contributed by atoms with Crippen LogP contribution in [0.1, 0.15) is 22.3 Å². The summed E-state index contributed by atoms with van der Waals surface area (Å²) in [5.41, 5.74) is 15.5. The van der Waals surface area contributed by atoms with E-state index in [9.17, 15) is 0 Å². The Morgan fingerprint density at radius 2 is 0.734 bits per heavy atom. The minimum absolute atomic E-state index is 0.502. The highest BCUT2D eigenvalue weighted by Gasteiger charge is 2.53. The first-order chi connectivity index (χ1) is 31.8. The molecule has 0 N–H and O–H groups in total. The summed E-state index contributed by atoms with van der Waals surface area (Å²) >= 11 is 1.88. The monoisotopic (exact) mass is 824 g/mol. The fourth-order valence-electron chi connectivity index (χ4n) is 12.4. The highest BCUT2D eigenvalue weighted by Crippen LogP contribution is 2.66. The van der Waals surface area contributed by atoms with Gasteiger partial charge < -0.3 is 0 Å². The van der Waals surface area contributed by atoms with Gasteiger partial charge in [0.25, 0.3) is 0 Å². The van der Waals surface area contributed by atoms with Crippen molar-refractivity contribution >= 4 is 85.4 Å². The molecular weight excluding hydrogens is 789 g/mol. The van der Waals surface area contributed by atoms with Crippen LogP contribution in [0.4, 0.5) is 0 Å². The summed E-state index contributed by atoms with van der Waals surface area (Å²) in [6, 6.07) is 82.9. The SMILES string of the molecule is c1ccc2c(c1)-c1ccccc1C21c2c(ccc3cc(-c4c5ccccc5c(-c5ccc6sc7ccccc7c6c5)c5ccccc45)ccc23)-c2c1c1ccccc1c1ccccc21. The molecule has 1 heterocycles. The lowest BCUT2D eigenvalue weighted by molar-refractivity contribution is 0.809. The van der Waals surface area contributed by atoms with Gasteiger partial charge in [0.1, 0.15) is 0 Å². The Bertz CT molecular complexity index is 4100. The second-order valence-corrected chi connectivity index (χ2v) is 18.8. The first kappa shape index (κ1) is 34.7. The van der Waals surface area contributed by atoms with Gasteiger partial charge in [-0.1, -0.05) is 194 Å². The Balaban J connectivity index is 1.03. The van der Waals surface area contributed by atoms with E-state index in [1.807, 2.05) is 11.3 Å². The van der Waals surface area contributed by atoms with Gasteiger partial charge >= 0.3 is 0 Å². The van der Waals surface area contributed by atoms with Crippen LogP contribution in [0.3, 0.4) is 0 Å². The third kappa shape index (κ3) is 4.32. The third-order valence-electron chi connectivity index (χ3n) is 14.8. The van der Waals surface area contributed by atoms with Crippen molar-refractivity contribution in [1.82, 2.24) is 0 Å². The zero-order valence-corrected chi connectivity index (χ0v) is 35.5. The fourth-order valence-corrected chi connectivity index (χ4v) is 13.5. The van der Waals surface area contributed by atoms with Crippen molar-refractivity contribution in [3.8, 4) is 44.5 Å². The molecule has 1 heteroatoms. The molecule has 0 amide bonds. The average Bonchev–Trinajstić information content (AvgIpc) is 4.00. The van der Waals surface area contributed by atoms with Crippen molar-refractivity contribution < 1.29 is 0 Å². The Hall–Kier alpha value is -7.84. The minimum Gasteiger partial charge on any atom is -0.135 e. The van der Waals surface area contributed by atoms with Gasteiger partial charge in [0, 0.05) is 20.2 Å². The predicted octanol–water partition coefficient (Wildman–Crippen LogP) is 17.5. The second-order valence-electron chi connectivity index (χ2n) is 17.8. The van der Waals surface area contributed by atoms with Gasteiger partial charge in [0.2, 0.25) is 0 Å². The minimum atomic E-state index is -0.502. The molecule has 64 heavy (non-hydrogen) atoms. The summed E-state index contributed by atoms with van der Waals surface area (Å²) in [7, 11) is 0. The van der Waals surface area contributed by atoms with Gasteiger partial charge in [0.15, 0.2) is 0 Å². The number of benzene rings is 12. The molecule has 0 bridgehead atoms. The summed E-state index contributed by atoms with van der Waals surface area (Å²) in [4.78, 5) is 0. The molecule has 0 fully saturated rings. The van der Waals surface area contributed by atoms with E-state index in [1.165, 1.54) is 141 Å². The van der Waals surface area contributed by atoms with Crippen LogP contribution < -0.4 is 0 Å². The topological polar surface area (TPSA) is 0 Å². The average molecular weight is 825 g/mol. The molecule has 0 aliphatic heterocycles. The number of fused-ring (bicyclic) bond motifs is 22. The molecule has 0 saturated carbocycles. The third-order valence-corrected chi connectivity index (χ3v) is 16.0. The van der Waals surface area contributed by atoms with Crippen LogP contribution in [0.2, 0.25) is 0 Å². The van der Waals surface area contributed by atoms with E-state index in [0.717, 1.165) is 0 Å². The first-order valence-corrected chi connectivity index (χ1v) is 23.2. The van der Waals surface area contributed by atoms with Crippen LogP contribution in [0.15, 0.2) is 218 Å². The highest BCUT2D eigenvalue weighted by molar-refractivity contribution is 7.25. The largest absolute Gasteiger partial charge is 0.135 e. The van der Waals surface area contributed by atoms with E-state index >= 15 is 0 Å². The summed E-state index contributed by atoms with van der Waals surface area (Å²) in [6.45, 7) is 0. The van der Waals surface area contributed by atoms with E-state index in [1.54, 1.807) is 0 Å². The molecule has 0 saturated heterocycles.